The second-order valence-electron chi connectivity index (χ2n) is 9.03. The molecule has 2 aliphatic rings. The largest absolute Gasteiger partial charge is 0.299 e. The summed E-state index contributed by atoms with van der Waals surface area (Å²) in [5.41, 5.74) is 1.81. The Morgan fingerprint density at radius 2 is 1.56 bits per heavy atom. The number of hydrogen-bond acceptors (Lipinski definition) is 5. The van der Waals surface area contributed by atoms with Gasteiger partial charge in [-0.3, -0.25) is 4.79 Å². The van der Waals surface area contributed by atoms with Gasteiger partial charge in [0.25, 0.3) is 0 Å². The first-order chi connectivity index (χ1) is 17.3. The molecule has 0 unspecified atom stereocenters. The van der Waals surface area contributed by atoms with Crippen molar-refractivity contribution in [3.8, 4) is 0 Å². The van der Waals surface area contributed by atoms with Crippen LogP contribution in [0.15, 0.2) is 83.8 Å². The lowest BCUT2D eigenvalue weighted by atomic mass is 9.77. The van der Waals surface area contributed by atoms with Gasteiger partial charge in [-0.15, -0.1) is 0 Å². The van der Waals surface area contributed by atoms with Crippen LogP contribution in [0.1, 0.15) is 36.1 Å². The van der Waals surface area contributed by atoms with Gasteiger partial charge in [0.15, 0.2) is 0 Å². The fourth-order valence-corrected chi connectivity index (χ4v) is 9.32. The number of nitrogens with zero attached hydrogens (tertiary/aromatic N) is 2. The zero-order chi connectivity index (χ0) is 25.4. The predicted molar refractivity (Wildman–Crippen MR) is 154 cm³/mol. The third kappa shape index (κ3) is 5.10. The summed E-state index contributed by atoms with van der Waals surface area (Å²) in [4.78, 5) is 13.7. The molecule has 2 aliphatic heterocycles. The highest BCUT2D eigenvalue weighted by molar-refractivity contribution is 14.2. The fraction of sp³-hybridized carbons (Fsp3) is 0.269. The van der Waals surface area contributed by atoms with Gasteiger partial charge in [0.2, 0.25) is 10.0 Å². The molecule has 0 bridgehead atoms. The number of ketones is 1. The van der Waals surface area contributed by atoms with E-state index in [-0.39, 0.29) is 23.1 Å². The van der Waals surface area contributed by atoms with Crippen LogP contribution in [-0.4, -0.2) is 35.4 Å². The summed E-state index contributed by atoms with van der Waals surface area (Å²) in [5.74, 6) is -0.332. The maximum Gasteiger partial charge on any atom is 0.243 e. The first-order valence-electron chi connectivity index (χ1n) is 11.5. The number of fused-ring (bicyclic) bond motifs is 1. The average molecular weight is 673 g/mol. The van der Waals surface area contributed by atoms with Gasteiger partial charge in [0, 0.05) is 62.2 Å². The Morgan fingerprint density at radius 3 is 2.22 bits per heavy atom. The molecule has 2 fully saturated rings. The molecule has 0 radical (unpaired) electrons. The number of benzene rings is 3. The number of Topliss-reactive ketones (excluding diaryl/α,β-unsaturated/α-hetero) is 1. The Labute approximate surface area is 237 Å². The minimum atomic E-state index is -3.94. The van der Waals surface area contributed by atoms with Gasteiger partial charge in [0.05, 0.1) is 10.9 Å². The summed E-state index contributed by atoms with van der Waals surface area (Å²) >= 11 is 14.6. The number of halogens is 3. The minimum Gasteiger partial charge on any atom is -0.299 e. The van der Waals surface area contributed by atoms with E-state index >= 15 is 0 Å². The van der Waals surface area contributed by atoms with Crippen LogP contribution in [0.5, 0.6) is 0 Å². The molecule has 0 amide bonds. The van der Waals surface area contributed by atoms with Crippen LogP contribution in [0, 0.1) is 5.92 Å². The summed E-state index contributed by atoms with van der Waals surface area (Å²) in [7, 11) is -2.40. The van der Waals surface area contributed by atoms with Gasteiger partial charge < -0.3 is 0 Å². The third-order valence-corrected chi connectivity index (χ3v) is 11.5. The average Bonchev–Trinajstić information content (AvgIpc) is 2.88. The zero-order valence-electron chi connectivity index (χ0n) is 19.0. The van der Waals surface area contributed by atoms with E-state index in [2.05, 4.69) is 25.5 Å². The topological polar surface area (TPSA) is 57.7 Å². The van der Waals surface area contributed by atoms with E-state index in [1.165, 1.54) is 12.1 Å². The summed E-state index contributed by atoms with van der Waals surface area (Å²) in [6, 6.07) is 22.2. The first-order valence-corrected chi connectivity index (χ1v) is 17.0. The Kier molecular flexibility index (Phi) is 8.03. The summed E-state index contributed by atoms with van der Waals surface area (Å²) in [6.07, 6.45) is 0.614. The zero-order valence-corrected chi connectivity index (χ0v) is 24.3. The molecule has 5 rings (SSSR count). The van der Waals surface area contributed by atoms with Gasteiger partial charge in [0.1, 0.15) is 5.78 Å². The Hall–Kier alpha value is -1.14. The fourth-order valence-electron chi connectivity index (χ4n) is 5.32. The number of carbonyl (C=O) groups is 1. The molecule has 3 aromatic carbocycles. The molecule has 0 aromatic heterocycles. The van der Waals surface area contributed by atoms with Gasteiger partial charge in [-0.25, -0.2) is 12.7 Å². The highest BCUT2D eigenvalue weighted by Crippen LogP contribution is 2.49. The van der Waals surface area contributed by atoms with Crippen molar-refractivity contribution in [3.63, 3.8) is 0 Å². The van der Waals surface area contributed by atoms with Crippen molar-refractivity contribution in [2.24, 2.45) is 5.92 Å². The van der Waals surface area contributed by atoms with Crippen LogP contribution in [-0.2, 0) is 14.8 Å². The SMILES string of the molecule is O=C1C[C@@H](c2ccccc2)N(S(=O)(=O)c2ccc(Cl)cc2)[C@H]2C[C@@H](c3cccc(Cl)c3)N(SI)C[C@@H]12. The predicted octanol–water partition coefficient (Wildman–Crippen LogP) is 7.13. The molecule has 0 N–H and O–H groups in total. The van der Waals surface area contributed by atoms with E-state index in [1.54, 1.807) is 25.6 Å². The molecule has 36 heavy (non-hydrogen) atoms. The van der Waals surface area contributed by atoms with Crippen molar-refractivity contribution in [1.29, 1.82) is 0 Å². The monoisotopic (exact) mass is 672 g/mol. The maximum absolute atomic E-state index is 14.2. The van der Waals surface area contributed by atoms with Crippen LogP contribution in [0.25, 0.3) is 0 Å². The molecule has 10 heteroatoms. The normalized spacial score (nSPS) is 25.5. The molecule has 188 valence electrons. The van der Waals surface area contributed by atoms with E-state index in [0.717, 1.165) is 11.1 Å². The maximum atomic E-state index is 14.2. The minimum absolute atomic E-state index is 0.0939. The Bertz CT molecular complexity index is 1360. The smallest absolute Gasteiger partial charge is 0.243 e. The summed E-state index contributed by atoms with van der Waals surface area (Å²) in [6.45, 7) is 0.461. The molecule has 5 nitrogen and oxygen atoms in total. The van der Waals surface area contributed by atoms with Gasteiger partial charge >= 0.3 is 0 Å². The lowest BCUT2D eigenvalue weighted by molar-refractivity contribution is -0.131. The number of piperidine rings is 2. The van der Waals surface area contributed by atoms with E-state index in [0.29, 0.717) is 23.0 Å². The van der Waals surface area contributed by atoms with Gasteiger partial charge in [-0.2, -0.15) is 4.31 Å². The number of carbonyl (C=O) groups excluding carboxylic acids is 1. The van der Waals surface area contributed by atoms with Crippen LogP contribution in [0.2, 0.25) is 10.0 Å². The molecular formula is C26H23Cl2IN2O3S2. The van der Waals surface area contributed by atoms with Crippen molar-refractivity contribution in [2.75, 3.05) is 6.54 Å². The molecular weight excluding hydrogens is 650 g/mol. The Balaban J connectivity index is 1.63. The second kappa shape index (κ2) is 10.9. The highest BCUT2D eigenvalue weighted by Gasteiger charge is 2.52. The second-order valence-corrected chi connectivity index (χ2v) is 13.5. The quantitative estimate of drug-likeness (QED) is 0.213. The number of rotatable bonds is 5. The highest BCUT2D eigenvalue weighted by atomic mass is 127. The van der Waals surface area contributed by atoms with Crippen LogP contribution in [0.4, 0.5) is 0 Å². The molecule has 3 aromatic rings. The summed E-state index contributed by atoms with van der Waals surface area (Å²) in [5, 5.41) is 1.09. The van der Waals surface area contributed by atoms with Crippen LogP contribution < -0.4 is 0 Å². The molecule has 0 spiro atoms. The van der Waals surface area contributed by atoms with Crippen LogP contribution in [0.3, 0.4) is 0 Å². The Morgan fingerprint density at radius 1 is 0.861 bits per heavy atom. The first kappa shape index (κ1) is 26.5. The van der Waals surface area contributed by atoms with Crippen molar-refractivity contribution < 1.29 is 13.2 Å². The number of sulfonamides is 1. The lowest BCUT2D eigenvalue weighted by Gasteiger charge is -2.51. The van der Waals surface area contributed by atoms with E-state index < -0.39 is 28.0 Å². The molecule has 2 saturated heterocycles. The molecule has 2 heterocycles. The molecule has 0 saturated carbocycles. The van der Waals surface area contributed by atoms with Gasteiger partial charge in [-0.1, -0.05) is 65.7 Å². The number of hydrogen-bond donors (Lipinski definition) is 0. The van der Waals surface area contributed by atoms with E-state index in [4.69, 9.17) is 23.2 Å². The van der Waals surface area contributed by atoms with Crippen molar-refractivity contribution >= 4 is 69.3 Å². The van der Waals surface area contributed by atoms with Crippen LogP contribution >= 0.6 is 53.5 Å². The lowest BCUT2D eigenvalue weighted by Crippen LogP contribution is -2.59. The third-order valence-electron chi connectivity index (χ3n) is 6.99. The van der Waals surface area contributed by atoms with Gasteiger partial charge in [-0.05, 0) is 63.1 Å². The summed E-state index contributed by atoms with van der Waals surface area (Å²) < 4.78 is 32.2. The van der Waals surface area contributed by atoms with Crippen molar-refractivity contribution in [1.82, 2.24) is 8.61 Å². The van der Waals surface area contributed by atoms with E-state index in [1.807, 2.05) is 54.6 Å². The molecule has 0 aliphatic carbocycles. The standard InChI is InChI=1S/C26H23Cl2IN2O3S2/c27-19-9-11-21(12-10-19)36(33,34)31-24(17-5-2-1-3-6-17)15-26(32)22-16-30(35-29)23(14-25(22)31)18-7-4-8-20(28)13-18/h1-13,22-25H,14-16H2/t22-,23+,24+,25+/m1/s1. The van der Waals surface area contributed by atoms with E-state index in [9.17, 15) is 13.2 Å². The van der Waals surface area contributed by atoms with Crippen molar-refractivity contribution in [3.05, 3.63) is 100 Å². The van der Waals surface area contributed by atoms with Crippen molar-refractivity contribution in [2.45, 2.75) is 35.9 Å². The molecule has 4 atom stereocenters.